The molecule has 0 spiro atoms. The molecule has 0 amide bonds. The highest BCUT2D eigenvalue weighted by Gasteiger charge is 2.45. The Morgan fingerprint density at radius 2 is 1.81 bits per heavy atom. The van der Waals surface area contributed by atoms with Crippen LogP contribution in [0.1, 0.15) is 35.8 Å². The molecule has 8 nitrogen and oxygen atoms in total. The minimum Gasteiger partial charge on any atom is -0.497 e. The molecular formula is C28H30N4O4. The van der Waals surface area contributed by atoms with Crippen molar-refractivity contribution >= 4 is 5.78 Å². The van der Waals surface area contributed by atoms with E-state index in [1.807, 2.05) is 29.3 Å². The van der Waals surface area contributed by atoms with Gasteiger partial charge < -0.3 is 19.9 Å². The summed E-state index contributed by atoms with van der Waals surface area (Å²) in [5.74, 6) is 0.922. The Labute approximate surface area is 211 Å². The van der Waals surface area contributed by atoms with Crippen LogP contribution >= 0.6 is 0 Å². The number of ether oxygens (including phenoxy) is 3. The Kier molecular flexibility index (Phi) is 6.68. The van der Waals surface area contributed by atoms with Gasteiger partial charge in [-0.05, 0) is 36.1 Å². The quantitative estimate of drug-likeness (QED) is 0.686. The number of hydrogen-bond donors (Lipinski definition) is 1. The second-order valence-corrected chi connectivity index (χ2v) is 9.13. The van der Waals surface area contributed by atoms with Crippen molar-refractivity contribution in [2.75, 3.05) is 40.5 Å². The molecule has 2 atom stereocenters. The van der Waals surface area contributed by atoms with Gasteiger partial charge in [0.1, 0.15) is 17.3 Å². The number of hydrazine groups is 1. The van der Waals surface area contributed by atoms with Gasteiger partial charge in [0.05, 0.1) is 45.0 Å². The van der Waals surface area contributed by atoms with Crippen LogP contribution in [0.5, 0.6) is 11.5 Å². The SMILES string of the molecule is COc1ccc(OC)c(C2C(C#N)=C(N)N(N3CCOCC3)C3=C2C(=O)CC(c2ccccc2)C3)c1. The van der Waals surface area contributed by atoms with E-state index in [0.29, 0.717) is 73.2 Å². The van der Waals surface area contributed by atoms with Gasteiger partial charge in [0.25, 0.3) is 0 Å². The van der Waals surface area contributed by atoms with Crippen molar-refractivity contribution in [2.45, 2.75) is 24.7 Å². The summed E-state index contributed by atoms with van der Waals surface area (Å²) in [7, 11) is 3.17. The van der Waals surface area contributed by atoms with Gasteiger partial charge in [-0.25, -0.2) is 5.01 Å². The molecule has 186 valence electrons. The summed E-state index contributed by atoms with van der Waals surface area (Å²) < 4.78 is 16.7. The van der Waals surface area contributed by atoms with E-state index in [2.05, 4.69) is 23.2 Å². The lowest BCUT2D eigenvalue weighted by molar-refractivity contribution is -0.117. The first kappa shape index (κ1) is 23.9. The average molecular weight is 487 g/mol. The Bertz CT molecular complexity index is 1260. The number of methoxy groups -OCH3 is 2. The van der Waals surface area contributed by atoms with Crippen LogP contribution in [0.2, 0.25) is 0 Å². The van der Waals surface area contributed by atoms with E-state index in [9.17, 15) is 10.1 Å². The molecule has 2 aromatic rings. The van der Waals surface area contributed by atoms with Crippen LogP contribution < -0.4 is 15.2 Å². The van der Waals surface area contributed by atoms with Crippen LogP contribution in [-0.2, 0) is 9.53 Å². The maximum atomic E-state index is 14.0. The highest BCUT2D eigenvalue weighted by molar-refractivity contribution is 6.00. The molecule has 2 aliphatic heterocycles. The van der Waals surface area contributed by atoms with Crippen molar-refractivity contribution in [2.24, 2.45) is 5.73 Å². The molecule has 0 bridgehead atoms. The van der Waals surface area contributed by atoms with E-state index in [4.69, 9.17) is 19.9 Å². The minimum atomic E-state index is -0.642. The van der Waals surface area contributed by atoms with E-state index < -0.39 is 5.92 Å². The fraction of sp³-hybridized carbons (Fsp3) is 0.357. The summed E-state index contributed by atoms with van der Waals surface area (Å²) in [5.41, 5.74) is 10.4. The van der Waals surface area contributed by atoms with Gasteiger partial charge in [-0.1, -0.05) is 30.3 Å². The molecular weight excluding hydrogens is 456 g/mol. The van der Waals surface area contributed by atoms with E-state index in [0.717, 1.165) is 11.3 Å². The van der Waals surface area contributed by atoms with Crippen LogP contribution in [-0.4, -0.2) is 56.3 Å². The lowest BCUT2D eigenvalue weighted by atomic mass is 9.72. The fourth-order valence-electron chi connectivity index (χ4n) is 5.53. The topological polar surface area (TPSA) is 101 Å². The van der Waals surface area contributed by atoms with Crippen molar-refractivity contribution in [1.82, 2.24) is 10.0 Å². The normalized spacial score (nSPS) is 22.8. The molecule has 2 N–H and O–H groups in total. The molecule has 3 aliphatic rings. The molecule has 0 radical (unpaired) electrons. The number of nitriles is 1. The Morgan fingerprint density at radius 1 is 1.06 bits per heavy atom. The van der Waals surface area contributed by atoms with Crippen LogP contribution in [0.3, 0.4) is 0 Å². The van der Waals surface area contributed by atoms with Gasteiger partial charge >= 0.3 is 0 Å². The van der Waals surface area contributed by atoms with Gasteiger partial charge in [-0.15, -0.1) is 0 Å². The number of ketones is 1. The Morgan fingerprint density at radius 3 is 2.47 bits per heavy atom. The number of rotatable bonds is 5. The number of hydrogen-bond acceptors (Lipinski definition) is 8. The predicted octanol–water partition coefficient (Wildman–Crippen LogP) is 3.44. The largest absolute Gasteiger partial charge is 0.497 e. The summed E-state index contributed by atoms with van der Waals surface area (Å²) in [6.07, 6.45) is 0.992. The second-order valence-electron chi connectivity index (χ2n) is 9.13. The molecule has 8 heteroatoms. The van der Waals surface area contributed by atoms with E-state index in [1.54, 1.807) is 26.4 Å². The summed E-state index contributed by atoms with van der Waals surface area (Å²) in [6.45, 7) is 2.34. The summed E-state index contributed by atoms with van der Waals surface area (Å²) in [5, 5.41) is 14.3. The lowest BCUT2D eigenvalue weighted by Crippen LogP contribution is -2.52. The van der Waals surface area contributed by atoms with Gasteiger partial charge in [-0.2, -0.15) is 5.26 Å². The van der Waals surface area contributed by atoms with Crippen LogP contribution in [0, 0.1) is 11.3 Å². The highest BCUT2D eigenvalue weighted by Crippen LogP contribution is 2.50. The first-order chi connectivity index (χ1) is 17.6. The molecule has 2 unspecified atom stereocenters. The van der Waals surface area contributed by atoms with Crippen molar-refractivity contribution in [3.63, 3.8) is 0 Å². The first-order valence-electron chi connectivity index (χ1n) is 12.1. The third-order valence-corrected chi connectivity index (χ3v) is 7.23. The number of Topliss-reactive ketones (excluding diaryl/α,β-unsaturated/α-hetero) is 1. The maximum absolute atomic E-state index is 14.0. The number of morpholine rings is 1. The third-order valence-electron chi connectivity index (χ3n) is 7.23. The van der Waals surface area contributed by atoms with Crippen LogP contribution in [0.4, 0.5) is 0 Å². The zero-order valence-corrected chi connectivity index (χ0v) is 20.6. The molecule has 5 rings (SSSR count). The standard InChI is InChI=1S/C28H30N4O4/c1-34-20-8-9-25(35-2)21(16-20)26-22(17-29)28(30)32(31-10-12-36-13-11-31)23-14-19(15-24(33)27(23)26)18-6-4-3-5-7-18/h3-9,16,19,26H,10-15,30H2,1-2H3. The number of carbonyl (C=O) groups is 1. The van der Waals surface area contributed by atoms with Gasteiger partial charge in [0.2, 0.25) is 0 Å². The second kappa shape index (κ2) is 10.1. The van der Waals surface area contributed by atoms with Crippen molar-refractivity contribution in [3.05, 3.63) is 82.3 Å². The monoisotopic (exact) mass is 486 g/mol. The molecule has 2 heterocycles. The summed E-state index contributed by atoms with van der Waals surface area (Å²) >= 11 is 0. The molecule has 1 saturated heterocycles. The average Bonchev–Trinajstić information content (AvgIpc) is 2.92. The molecule has 2 aromatic carbocycles. The fourth-order valence-corrected chi connectivity index (χ4v) is 5.53. The van der Waals surface area contributed by atoms with Crippen molar-refractivity contribution in [1.29, 1.82) is 5.26 Å². The Hall–Kier alpha value is -3.80. The smallest absolute Gasteiger partial charge is 0.162 e. The maximum Gasteiger partial charge on any atom is 0.162 e. The molecule has 0 aromatic heterocycles. The zero-order chi connectivity index (χ0) is 25.2. The first-order valence-corrected chi connectivity index (χ1v) is 12.1. The van der Waals surface area contributed by atoms with Crippen molar-refractivity contribution < 1.29 is 19.0 Å². The Balaban J connectivity index is 1.71. The predicted molar refractivity (Wildman–Crippen MR) is 134 cm³/mol. The zero-order valence-electron chi connectivity index (χ0n) is 20.6. The van der Waals surface area contributed by atoms with Gasteiger partial charge in [-0.3, -0.25) is 9.80 Å². The van der Waals surface area contributed by atoms with Gasteiger partial charge in [0.15, 0.2) is 5.78 Å². The van der Waals surface area contributed by atoms with Crippen molar-refractivity contribution in [3.8, 4) is 17.6 Å². The molecule has 0 saturated carbocycles. The molecule has 1 fully saturated rings. The number of nitrogens with zero attached hydrogens (tertiary/aromatic N) is 3. The minimum absolute atomic E-state index is 0.0125. The summed E-state index contributed by atoms with van der Waals surface area (Å²) in [6, 6.07) is 17.9. The molecule has 36 heavy (non-hydrogen) atoms. The van der Waals surface area contributed by atoms with E-state index in [-0.39, 0.29) is 11.7 Å². The lowest BCUT2D eigenvalue weighted by Gasteiger charge is -2.47. The number of carbonyl (C=O) groups excluding carboxylic acids is 1. The van der Waals surface area contributed by atoms with Gasteiger partial charge in [0, 0.05) is 36.3 Å². The number of benzene rings is 2. The third kappa shape index (κ3) is 4.11. The van der Waals surface area contributed by atoms with E-state index in [1.165, 1.54) is 0 Å². The van der Waals surface area contributed by atoms with E-state index >= 15 is 0 Å². The van der Waals surface area contributed by atoms with Crippen LogP contribution in [0.15, 0.2) is 71.2 Å². The molecule has 1 aliphatic carbocycles. The van der Waals surface area contributed by atoms with Crippen LogP contribution in [0.25, 0.3) is 0 Å². The number of nitrogens with two attached hydrogens (primary N) is 1. The summed E-state index contributed by atoms with van der Waals surface area (Å²) in [4.78, 5) is 14.0. The highest BCUT2D eigenvalue weighted by atomic mass is 16.5. The number of allylic oxidation sites excluding steroid dienone is 3.